The number of carbonyl (C=O) groups excluding carboxylic acids is 1. The molecule has 0 aliphatic rings. The number of benzene rings is 1. The Morgan fingerprint density at radius 1 is 1.20 bits per heavy atom. The van der Waals surface area contributed by atoms with Gasteiger partial charge in [-0.1, -0.05) is 0 Å². The number of carbonyl (C=O) groups is 1. The molecule has 1 aromatic carbocycles. The number of nitro benzene ring substituents is 1. The second-order valence-corrected chi connectivity index (χ2v) is 3.69. The average Bonchev–Trinajstić information content (AvgIpc) is 2.39. The molecule has 0 N–H and O–H groups in total. The Labute approximate surface area is 116 Å². The molecule has 0 amide bonds. The summed E-state index contributed by atoms with van der Waals surface area (Å²) in [5.41, 5.74) is 0.454. The van der Waals surface area contributed by atoms with E-state index >= 15 is 0 Å². The fraction of sp³-hybridized carbons (Fsp3) is 0.385. The van der Waals surface area contributed by atoms with Crippen molar-refractivity contribution in [3.05, 3.63) is 34.4 Å². The summed E-state index contributed by atoms with van der Waals surface area (Å²) in [6, 6.07) is 5.66. The molecule has 0 radical (unpaired) electrons. The van der Waals surface area contributed by atoms with Gasteiger partial charge < -0.3 is 9.47 Å². The van der Waals surface area contributed by atoms with Crippen molar-refractivity contribution in [2.75, 3.05) is 13.2 Å². The Morgan fingerprint density at radius 2 is 1.80 bits per heavy atom. The Bertz CT molecular complexity index is 496. The standard InChI is InChI=1S/C13H16N2O5/c1-3-19-12(9-13(16)20-4-2)14-10-5-7-11(8-6-10)15(17)18/h5-8H,3-4,9H2,1-2H3. The zero-order valence-electron chi connectivity index (χ0n) is 11.4. The third-order valence-electron chi connectivity index (χ3n) is 2.23. The zero-order chi connectivity index (χ0) is 15.0. The first-order chi connectivity index (χ1) is 9.56. The normalized spacial score (nSPS) is 11.0. The van der Waals surface area contributed by atoms with Crippen LogP contribution in [0.15, 0.2) is 29.3 Å². The lowest BCUT2D eigenvalue weighted by Gasteiger charge is -2.07. The Hall–Kier alpha value is -2.44. The minimum atomic E-state index is -0.491. The predicted octanol–water partition coefficient (Wildman–Crippen LogP) is 2.61. The van der Waals surface area contributed by atoms with Crippen LogP contribution in [0, 0.1) is 10.1 Å². The van der Waals surface area contributed by atoms with Crippen LogP contribution in [0.4, 0.5) is 11.4 Å². The van der Waals surface area contributed by atoms with Crippen LogP contribution >= 0.6 is 0 Å². The molecule has 0 saturated heterocycles. The second-order valence-electron chi connectivity index (χ2n) is 3.69. The van der Waals surface area contributed by atoms with E-state index < -0.39 is 10.9 Å². The van der Waals surface area contributed by atoms with Crippen molar-refractivity contribution in [1.82, 2.24) is 0 Å². The van der Waals surface area contributed by atoms with Crippen molar-refractivity contribution in [1.29, 1.82) is 0 Å². The van der Waals surface area contributed by atoms with E-state index in [1.54, 1.807) is 13.8 Å². The molecule has 1 rings (SSSR count). The first-order valence-corrected chi connectivity index (χ1v) is 6.17. The van der Waals surface area contributed by atoms with E-state index in [1.807, 2.05) is 0 Å². The fourth-order valence-electron chi connectivity index (χ4n) is 1.42. The number of rotatable bonds is 6. The molecule has 0 aliphatic carbocycles. The molecule has 0 bridgehead atoms. The summed E-state index contributed by atoms with van der Waals surface area (Å²) in [6.45, 7) is 4.14. The van der Waals surface area contributed by atoms with Crippen LogP contribution in [0.1, 0.15) is 20.3 Å². The first kappa shape index (κ1) is 15.6. The van der Waals surface area contributed by atoms with Gasteiger partial charge in [0.2, 0.25) is 0 Å². The summed E-state index contributed by atoms with van der Waals surface area (Å²) >= 11 is 0. The van der Waals surface area contributed by atoms with Gasteiger partial charge in [0, 0.05) is 12.1 Å². The van der Waals surface area contributed by atoms with E-state index in [1.165, 1.54) is 24.3 Å². The van der Waals surface area contributed by atoms with Gasteiger partial charge in [-0.3, -0.25) is 14.9 Å². The van der Waals surface area contributed by atoms with E-state index in [0.717, 1.165) is 0 Å². The number of aliphatic imine (C=N–C) groups is 1. The van der Waals surface area contributed by atoms with E-state index in [9.17, 15) is 14.9 Å². The van der Waals surface area contributed by atoms with Gasteiger partial charge >= 0.3 is 5.97 Å². The van der Waals surface area contributed by atoms with Crippen molar-refractivity contribution in [3.8, 4) is 0 Å². The highest BCUT2D eigenvalue weighted by atomic mass is 16.6. The van der Waals surface area contributed by atoms with Gasteiger partial charge in [-0.05, 0) is 26.0 Å². The maximum atomic E-state index is 11.4. The lowest BCUT2D eigenvalue weighted by molar-refractivity contribution is -0.384. The minimum absolute atomic E-state index is 0.0210. The third-order valence-corrected chi connectivity index (χ3v) is 2.23. The minimum Gasteiger partial charge on any atom is -0.481 e. The molecule has 1 aromatic rings. The smallest absolute Gasteiger partial charge is 0.315 e. The number of ether oxygens (including phenoxy) is 2. The quantitative estimate of drug-likeness (QED) is 0.262. The molecular formula is C13H16N2O5. The molecule has 0 spiro atoms. The molecule has 0 heterocycles. The van der Waals surface area contributed by atoms with Crippen LogP contribution in [-0.2, 0) is 14.3 Å². The van der Waals surface area contributed by atoms with Gasteiger partial charge in [-0.25, -0.2) is 4.99 Å². The van der Waals surface area contributed by atoms with Crippen LogP contribution in [0.5, 0.6) is 0 Å². The van der Waals surface area contributed by atoms with Gasteiger partial charge in [0.15, 0.2) is 5.90 Å². The van der Waals surface area contributed by atoms with Gasteiger partial charge in [0.05, 0.1) is 23.8 Å². The van der Waals surface area contributed by atoms with Crippen molar-refractivity contribution in [3.63, 3.8) is 0 Å². The summed E-state index contributed by atoms with van der Waals surface area (Å²) in [4.78, 5) is 25.6. The summed E-state index contributed by atoms with van der Waals surface area (Å²) in [6.07, 6.45) is -0.0708. The molecule has 0 unspecified atom stereocenters. The van der Waals surface area contributed by atoms with E-state index in [-0.39, 0.29) is 24.6 Å². The molecule has 108 valence electrons. The summed E-state index contributed by atoms with van der Waals surface area (Å²) in [7, 11) is 0. The fourth-order valence-corrected chi connectivity index (χ4v) is 1.42. The van der Waals surface area contributed by atoms with Crippen LogP contribution in [-0.4, -0.2) is 30.0 Å². The predicted molar refractivity (Wildman–Crippen MR) is 73.1 cm³/mol. The molecule has 0 fully saturated rings. The highest BCUT2D eigenvalue weighted by Gasteiger charge is 2.10. The Balaban J connectivity index is 2.84. The molecule has 0 saturated carbocycles. The van der Waals surface area contributed by atoms with Gasteiger partial charge in [-0.2, -0.15) is 0 Å². The summed E-state index contributed by atoms with van der Waals surface area (Å²) in [5, 5.41) is 10.5. The number of hydrogen-bond acceptors (Lipinski definition) is 6. The highest BCUT2D eigenvalue weighted by molar-refractivity contribution is 5.95. The molecule has 0 aromatic heterocycles. The molecule has 0 aliphatic heterocycles. The second kappa shape index (κ2) is 7.88. The average molecular weight is 280 g/mol. The molecule has 7 heteroatoms. The van der Waals surface area contributed by atoms with Crippen LogP contribution in [0.2, 0.25) is 0 Å². The van der Waals surface area contributed by atoms with E-state index in [0.29, 0.717) is 12.3 Å². The van der Waals surface area contributed by atoms with Crippen molar-refractivity contribution < 1.29 is 19.2 Å². The lowest BCUT2D eigenvalue weighted by atomic mass is 10.3. The number of non-ortho nitro benzene ring substituents is 1. The number of nitro groups is 1. The maximum Gasteiger partial charge on any atom is 0.315 e. The lowest BCUT2D eigenvalue weighted by Crippen LogP contribution is -2.14. The summed E-state index contributed by atoms with van der Waals surface area (Å²) in [5.74, 6) is -0.207. The Kier molecular flexibility index (Phi) is 6.15. The topological polar surface area (TPSA) is 91.0 Å². The van der Waals surface area contributed by atoms with E-state index in [4.69, 9.17) is 9.47 Å². The van der Waals surface area contributed by atoms with E-state index in [2.05, 4.69) is 4.99 Å². The largest absolute Gasteiger partial charge is 0.481 e. The molecule has 20 heavy (non-hydrogen) atoms. The first-order valence-electron chi connectivity index (χ1n) is 6.17. The van der Waals surface area contributed by atoms with Crippen molar-refractivity contribution >= 4 is 23.2 Å². The van der Waals surface area contributed by atoms with Crippen LogP contribution < -0.4 is 0 Å². The summed E-state index contributed by atoms with van der Waals surface area (Å²) < 4.78 is 10.1. The van der Waals surface area contributed by atoms with Gasteiger partial charge in [0.25, 0.3) is 5.69 Å². The van der Waals surface area contributed by atoms with Crippen LogP contribution in [0.25, 0.3) is 0 Å². The van der Waals surface area contributed by atoms with Crippen molar-refractivity contribution in [2.24, 2.45) is 4.99 Å². The maximum absolute atomic E-state index is 11.4. The number of hydrogen-bond donors (Lipinski definition) is 0. The van der Waals surface area contributed by atoms with Crippen LogP contribution in [0.3, 0.4) is 0 Å². The third kappa shape index (κ3) is 5.05. The zero-order valence-corrected chi connectivity index (χ0v) is 11.4. The highest BCUT2D eigenvalue weighted by Crippen LogP contribution is 2.18. The van der Waals surface area contributed by atoms with Gasteiger partial charge in [-0.15, -0.1) is 0 Å². The monoisotopic (exact) mass is 280 g/mol. The Morgan fingerprint density at radius 3 is 2.30 bits per heavy atom. The number of esters is 1. The number of nitrogens with zero attached hydrogens (tertiary/aromatic N) is 2. The SMILES string of the molecule is CCOC(=O)CC(=Nc1ccc([N+](=O)[O-])cc1)OCC. The molecule has 7 nitrogen and oxygen atoms in total. The van der Waals surface area contributed by atoms with Crippen molar-refractivity contribution in [2.45, 2.75) is 20.3 Å². The molecular weight excluding hydrogens is 264 g/mol. The molecule has 0 atom stereocenters. The van der Waals surface area contributed by atoms with Gasteiger partial charge in [0.1, 0.15) is 6.42 Å².